The fourth-order valence-electron chi connectivity index (χ4n) is 1.35. The molecule has 1 heterocycles. The Bertz CT molecular complexity index is 323. The summed E-state index contributed by atoms with van der Waals surface area (Å²) in [4.78, 5) is 4.02. The summed E-state index contributed by atoms with van der Waals surface area (Å²) in [6, 6.07) is 1.92. The number of ether oxygens (including phenoxy) is 2. The first kappa shape index (κ1) is 11.7. The second kappa shape index (κ2) is 6.19. The van der Waals surface area contributed by atoms with Crippen LogP contribution in [0.3, 0.4) is 0 Å². The molecule has 0 unspecified atom stereocenters. The third-order valence-corrected chi connectivity index (χ3v) is 2.05. The van der Waals surface area contributed by atoms with E-state index in [1.807, 2.05) is 6.07 Å². The van der Waals surface area contributed by atoms with E-state index in [1.165, 1.54) is 0 Å². The maximum atomic E-state index is 5.41. The summed E-state index contributed by atoms with van der Waals surface area (Å²) in [5.74, 6) is 0.734. The quantitative estimate of drug-likeness (QED) is 0.672. The van der Waals surface area contributed by atoms with E-state index in [4.69, 9.17) is 9.47 Å². The molecule has 1 aromatic heterocycles. The Morgan fingerprint density at radius 2 is 2.33 bits per heavy atom. The number of aromatic nitrogens is 1. The predicted molar refractivity (Wildman–Crippen MR) is 60.7 cm³/mol. The van der Waals surface area contributed by atoms with Gasteiger partial charge in [-0.3, -0.25) is 4.98 Å². The van der Waals surface area contributed by atoms with Gasteiger partial charge in [0.05, 0.1) is 6.20 Å². The number of nitrogens with zero attached hydrogens (tertiary/aromatic N) is 1. The Balaban J connectivity index is 2.80. The highest BCUT2D eigenvalue weighted by Gasteiger charge is 2.06. The van der Waals surface area contributed by atoms with Gasteiger partial charge in [-0.25, -0.2) is 0 Å². The molecule has 0 aliphatic carbocycles. The maximum Gasteiger partial charge on any atom is 0.188 e. The van der Waals surface area contributed by atoms with E-state index >= 15 is 0 Å². The van der Waals surface area contributed by atoms with Gasteiger partial charge in [0.15, 0.2) is 6.79 Å². The predicted octanol–water partition coefficient (Wildman–Crippen LogP) is 2.88. The lowest BCUT2D eigenvalue weighted by Crippen LogP contribution is -2.01. The molecule has 82 valence electrons. The summed E-state index contributed by atoms with van der Waals surface area (Å²) in [6.07, 6.45) is 5.48. The maximum absolute atomic E-state index is 5.41. The number of pyridine rings is 1. The Kier molecular flexibility index (Phi) is 4.84. The topological polar surface area (TPSA) is 31.4 Å². The number of rotatable bonds is 6. The van der Waals surface area contributed by atoms with E-state index in [-0.39, 0.29) is 6.79 Å². The lowest BCUT2D eigenvalue weighted by molar-refractivity contribution is 0.0506. The van der Waals surface area contributed by atoms with E-state index < -0.39 is 0 Å². The van der Waals surface area contributed by atoms with Crippen molar-refractivity contribution in [2.24, 2.45) is 0 Å². The van der Waals surface area contributed by atoms with Gasteiger partial charge in [0.2, 0.25) is 0 Å². The van der Waals surface area contributed by atoms with Crippen LogP contribution in [0.15, 0.2) is 25.0 Å². The van der Waals surface area contributed by atoms with Crippen LogP contribution < -0.4 is 4.74 Å². The highest BCUT2D eigenvalue weighted by atomic mass is 16.7. The Morgan fingerprint density at radius 1 is 1.53 bits per heavy atom. The number of methoxy groups -OCH3 is 1. The molecule has 1 rings (SSSR count). The number of allylic oxidation sites excluding steroid dienone is 1. The van der Waals surface area contributed by atoms with E-state index in [0.29, 0.717) is 0 Å². The van der Waals surface area contributed by atoms with Crippen LogP contribution in [0.1, 0.15) is 25.3 Å². The normalized spacial score (nSPS) is 10.0. The van der Waals surface area contributed by atoms with Crippen molar-refractivity contribution in [1.82, 2.24) is 4.98 Å². The van der Waals surface area contributed by atoms with Gasteiger partial charge in [0, 0.05) is 18.9 Å². The van der Waals surface area contributed by atoms with E-state index in [9.17, 15) is 0 Å². The molecule has 0 saturated carbocycles. The van der Waals surface area contributed by atoms with Crippen molar-refractivity contribution in [3.05, 3.63) is 30.6 Å². The van der Waals surface area contributed by atoms with Crippen LogP contribution in [0.25, 0.3) is 5.57 Å². The molecular formula is C12H17NO2. The van der Waals surface area contributed by atoms with Gasteiger partial charge in [-0.15, -0.1) is 0 Å². The molecule has 0 fully saturated rings. The molecular weight excluding hydrogens is 190 g/mol. The highest BCUT2D eigenvalue weighted by molar-refractivity contribution is 5.67. The Labute approximate surface area is 90.7 Å². The molecule has 0 atom stereocenters. The monoisotopic (exact) mass is 207 g/mol. The number of hydrogen-bond donors (Lipinski definition) is 0. The van der Waals surface area contributed by atoms with Crippen LogP contribution in [-0.4, -0.2) is 18.9 Å². The van der Waals surface area contributed by atoms with Crippen molar-refractivity contribution in [2.45, 2.75) is 19.8 Å². The summed E-state index contributed by atoms with van der Waals surface area (Å²) in [6.45, 7) is 6.40. The second-order valence-electron chi connectivity index (χ2n) is 3.28. The molecule has 0 N–H and O–H groups in total. The molecule has 0 amide bonds. The van der Waals surface area contributed by atoms with Crippen molar-refractivity contribution in [2.75, 3.05) is 13.9 Å². The van der Waals surface area contributed by atoms with E-state index in [1.54, 1.807) is 19.5 Å². The molecule has 0 radical (unpaired) electrons. The van der Waals surface area contributed by atoms with Crippen LogP contribution in [0.5, 0.6) is 5.75 Å². The lowest BCUT2D eigenvalue weighted by Gasteiger charge is -2.11. The molecule has 0 aliphatic heterocycles. The van der Waals surface area contributed by atoms with Crippen molar-refractivity contribution in [1.29, 1.82) is 0 Å². The standard InChI is InChI=1S/C12H17NO2/c1-4-5-10(2)11-6-7-13-8-12(11)15-9-14-3/h6-8H,2,4-5,9H2,1,3H3. The van der Waals surface area contributed by atoms with Gasteiger partial charge in [-0.2, -0.15) is 0 Å². The third kappa shape index (κ3) is 3.36. The van der Waals surface area contributed by atoms with Crippen LogP contribution in [-0.2, 0) is 4.74 Å². The van der Waals surface area contributed by atoms with Gasteiger partial charge in [-0.1, -0.05) is 19.9 Å². The SMILES string of the molecule is C=C(CCC)c1ccncc1OCOC. The zero-order chi connectivity index (χ0) is 11.1. The van der Waals surface area contributed by atoms with Crippen LogP contribution in [0, 0.1) is 0 Å². The fourth-order valence-corrected chi connectivity index (χ4v) is 1.35. The largest absolute Gasteiger partial charge is 0.465 e. The van der Waals surface area contributed by atoms with Crippen molar-refractivity contribution < 1.29 is 9.47 Å². The summed E-state index contributed by atoms with van der Waals surface area (Å²) >= 11 is 0. The lowest BCUT2D eigenvalue weighted by atomic mass is 10.0. The first-order valence-electron chi connectivity index (χ1n) is 5.03. The second-order valence-corrected chi connectivity index (χ2v) is 3.28. The van der Waals surface area contributed by atoms with Gasteiger partial charge in [0.25, 0.3) is 0 Å². The average molecular weight is 207 g/mol. The van der Waals surface area contributed by atoms with Gasteiger partial charge in [0.1, 0.15) is 5.75 Å². The van der Waals surface area contributed by atoms with Gasteiger partial charge >= 0.3 is 0 Å². The van der Waals surface area contributed by atoms with Crippen molar-refractivity contribution in [3.8, 4) is 5.75 Å². The van der Waals surface area contributed by atoms with Crippen molar-refractivity contribution in [3.63, 3.8) is 0 Å². The molecule has 15 heavy (non-hydrogen) atoms. The average Bonchev–Trinajstić information content (AvgIpc) is 2.27. The summed E-state index contributed by atoms with van der Waals surface area (Å²) < 4.78 is 10.3. The molecule has 3 heteroatoms. The Morgan fingerprint density at radius 3 is 3.00 bits per heavy atom. The van der Waals surface area contributed by atoms with E-state index in [0.717, 1.165) is 29.7 Å². The third-order valence-electron chi connectivity index (χ3n) is 2.05. The fraction of sp³-hybridized carbons (Fsp3) is 0.417. The molecule has 3 nitrogen and oxygen atoms in total. The first-order chi connectivity index (χ1) is 7.29. The molecule has 1 aromatic rings. The zero-order valence-corrected chi connectivity index (χ0v) is 9.32. The molecule has 0 bridgehead atoms. The molecule has 0 aliphatic rings. The minimum absolute atomic E-state index is 0.234. The highest BCUT2D eigenvalue weighted by Crippen LogP contribution is 2.26. The van der Waals surface area contributed by atoms with Crippen LogP contribution in [0.2, 0.25) is 0 Å². The molecule has 0 spiro atoms. The molecule has 0 saturated heterocycles. The van der Waals surface area contributed by atoms with Crippen molar-refractivity contribution >= 4 is 5.57 Å². The van der Waals surface area contributed by atoms with Crippen LogP contribution in [0.4, 0.5) is 0 Å². The van der Waals surface area contributed by atoms with E-state index in [2.05, 4.69) is 18.5 Å². The number of hydrogen-bond acceptors (Lipinski definition) is 3. The smallest absolute Gasteiger partial charge is 0.188 e. The Hall–Kier alpha value is -1.35. The zero-order valence-electron chi connectivity index (χ0n) is 9.32. The minimum Gasteiger partial charge on any atom is -0.465 e. The summed E-state index contributed by atoms with van der Waals surface area (Å²) in [7, 11) is 1.59. The minimum atomic E-state index is 0.234. The van der Waals surface area contributed by atoms with Gasteiger partial charge < -0.3 is 9.47 Å². The van der Waals surface area contributed by atoms with Gasteiger partial charge in [-0.05, 0) is 18.1 Å². The summed E-state index contributed by atoms with van der Waals surface area (Å²) in [5, 5.41) is 0. The first-order valence-corrected chi connectivity index (χ1v) is 5.03. The summed E-state index contributed by atoms with van der Waals surface area (Å²) in [5.41, 5.74) is 2.09. The molecule has 0 aromatic carbocycles. The van der Waals surface area contributed by atoms with Crippen LogP contribution >= 0.6 is 0 Å².